The lowest BCUT2D eigenvalue weighted by Crippen LogP contribution is -2.49. The third-order valence-corrected chi connectivity index (χ3v) is 7.71. The molecule has 1 aliphatic carbocycles. The van der Waals surface area contributed by atoms with E-state index in [-0.39, 0.29) is 42.4 Å². The van der Waals surface area contributed by atoms with Crippen molar-refractivity contribution in [2.45, 2.75) is 64.6 Å². The third-order valence-electron chi connectivity index (χ3n) is 7.71. The minimum atomic E-state index is -0.330. The molecule has 3 atom stereocenters. The summed E-state index contributed by atoms with van der Waals surface area (Å²) < 4.78 is 6.64. The highest BCUT2D eigenvalue weighted by molar-refractivity contribution is 6.02. The van der Waals surface area contributed by atoms with E-state index in [0.29, 0.717) is 30.1 Å². The van der Waals surface area contributed by atoms with Gasteiger partial charge in [0.1, 0.15) is 6.10 Å². The van der Waals surface area contributed by atoms with Gasteiger partial charge in [0.2, 0.25) is 5.91 Å². The van der Waals surface area contributed by atoms with Crippen molar-refractivity contribution in [3.8, 4) is 5.75 Å². The molecule has 2 aromatic rings. The minimum Gasteiger partial charge on any atom is -0.486 e. The van der Waals surface area contributed by atoms with Crippen LogP contribution in [0.4, 0.5) is 5.69 Å². The molecule has 0 radical (unpaired) electrons. The minimum absolute atomic E-state index is 0.00224. The maximum Gasteiger partial charge on any atom is 0.258 e. The van der Waals surface area contributed by atoms with Gasteiger partial charge in [-0.25, -0.2) is 0 Å². The first-order chi connectivity index (χ1) is 17.9. The van der Waals surface area contributed by atoms with Crippen LogP contribution in [0, 0.1) is 11.8 Å². The Labute approximate surface area is 220 Å². The molecule has 2 aliphatic rings. The molecule has 2 aromatic carbocycles. The molecule has 0 spiro atoms. The fraction of sp³-hybridized carbons (Fsp3) is 0.533. The molecule has 1 saturated carbocycles. The number of fused-ring (bicyclic) bond motifs is 1. The number of anilines is 1. The van der Waals surface area contributed by atoms with E-state index in [1.807, 2.05) is 31.2 Å². The number of carbonyl (C=O) groups is 2. The highest BCUT2D eigenvalue weighted by atomic mass is 16.5. The second kappa shape index (κ2) is 12.6. The maximum absolute atomic E-state index is 13.7. The lowest BCUT2D eigenvalue weighted by Gasteiger charge is -2.38. The van der Waals surface area contributed by atoms with Crippen molar-refractivity contribution in [2.75, 3.05) is 32.1 Å². The molecule has 7 nitrogen and oxygen atoms in total. The molecule has 0 bridgehead atoms. The number of nitrogens with zero attached hydrogens (tertiary/aromatic N) is 2. The summed E-state index contributed by atoms with van der Waals surface area (Å²) in [4.78, 5) is 30.8. The van der Waals surface area contributed by atoms with Gasteiger partial charge in [0, 0.05) is 31.5 Å². The summed E-state index contributed by atoms with van der Waals surface area (Å²) >= 11 is 0. The van der Waals surface area contributed by atoms with Crippen LogP contribution < -0.4 is 10.1 Å². The number of para-hydroxylation sites is 1. The number of aliphatic hydroxyl groups is 1. The predicted molar refractivity (Wildman–Crippen MR) is 146 cm³/mol. The van der Waals surface area contributed by atoms with Gasteiger partial charge in [-0.1, -0.05) is 62.6 Å². The summed E-state index contributed by atoms with van der Waals surface area (Å²) in [5.41, 5.74) is 2.18. The average Bonchev–Trinajstić information content (AvgIpc) is 2.91. The zero-order valence-corrected chi connectivity index (χ0v) is 22.4. The number of aliphatic hydroxyl groups excluding tert-OH is 1. The van der Waals surface area contributed by atoms with Crippen LogP contribution in [0.2, 0.25) is 0 Å². The van der Waals surface area contributed by atoms with Crippen molar-refractivity contribution in [1.82, 2.24) is 9.80 Å². The van der Waals surface area contributed by atoms with Gasteiger partial charge in [-0.05, 0) is 44.5 Å². The fourth-order valence-electron chi connectivity index (χ4n) is 5.43. The summed E-state index contributed by atoms with van der Waals surface area (Å²) in [5.74, 6) is 0.236. The second-order valence-corrected chi connectivity index (χ2v) is 10.8. The first-order valence-electron chi connectivity index (χ1n) is 13.6. The number of ether oxygens (including phenoxy) is 1. The summed E-state index contributed by atoms with van der Waals surface area (Å²) in [5, 5.41) is 13.0. The Morgan fingerprint density at radius 1 is 1.14 bits per heavy atom. The summed E-state index contributed by atoms with van der Waals surface area (Å²) in [6.07, 6.45) is 4.89. The van der Waals surface area contributed by atoms with Gasteiger partial charge in [-0.3, -0.25) is 14.5 Å². The number of hydrogen-bond acceptors (Lipinski definition) is 5. The zero-order chi connectivity index (χ0) is 26.4. The molecule has 2 N–H and O–H groups in total. The van der Waals surface area contributed by atoms with Crippen LogP contribution in [0.1, 0.15) is 61.9 Å². The van der Waals surface area contributed by atoms with Crippen molar-refractivity contribution in [2.24, 2.45) is 11.8 Å². The van der Waals surface area contributed by atoms with Crippen LogP contribution in [0.3, 0.4) is 0 Å². The molecule has 7 heteroatoms. The molecule has 37 heavy (non-hydrogen) atoms. The Bertz CT molecular complexity index is 1050. The molecule has 2 amide bonds. The Kier molecular flexibility index (Phi) is 9.22. The van der Waals surface area contributed by atoms with Crippen molar-refractivity contribution >= 4 is 17.5 Å². The van der Waals surface area contributed by atoms with Crippen LogP contribution in [-0.4, -0.2) is 65.6 Å². The molecule has 0 aromatic heterocycles. The summed E-state index contributed by atoms with van der Waals surface area (Å²) in [6, 6.07) is 15.3. The first-order valence-corrected chi connectivity index (χ1v) is 13.6. The van der Waals surface area contributed by atoms with E-state index in [4.69, 9.17) is 4.74 Å². The van der Waals surface area contributed by atoms with Gasteiger partial charge in [0.15, 0.2) is 5.75 Å². The fourth-order valence-corrected chi connectivity index (χ4v) is 5.43. The Balaban J connectivity index is 1.63. The number of rotatable bonds is 8. The number of likely N-dealkylation sites (N-methyl/N-ethyl adjacent to an activating group) is 1. The maximum atomic E-state index is 13.7. The second-order valence-electron chi connectivity index (χ2n) is 10.8. The molecular weight excluding hydrogens is 466 g/mol. The van der Waals surface area contributed by atoms with Gasteiger partial charge in [-0.2, -0.15) is 0 Å². The van der Waals surface area contributed by atoms with Gasteiger partial charge in [-0.15, -0.1) is 0 Å². The van der Waals surface area contributed by atoms with Crippen LogP contribution in [0.25, 0.3) is 0 Å². The van der Waals surface area contributed by atoms with Crippen molar-refractivity contribution in [3.05, 3.63) is 59.7 Å². The molecule has 200 valence electrons. The quantitative estimate of drug-likeness (QED) is 0.548. The lowest BCUT2D eigenvalue weighted by atomic mass is 9.88. The van der Waals surface area contributed by atoms with Crippen LogP contribution in [0.5, 0.6) is 5.75 Å². The van der Waals surface area contributed by atoms with E-state index in [0.717, 1.165) is 32.2 Å². The van der Waals surface area contributed by atoms with E-state index in [1.165, 1.54) is 12.0 Å². The van der Waals surface area contributed by atoms with Crippen molar-refractivity contribution < 1.29 is 19.4 Å². The molecular formula is C30H41N3O4. The van der Waals surface area contributed by atoms with Gasteiger partial charge in [0.05, 0.1) is 23.9 Å². The number of amides is 2. The topological polar surface area (TPSA) is 82.1 Å². The number of carbonyl (C=O) groups excluding carboxylic acids is 2. The van der Waals surface area contributed by atoms with Gasteiger partial charge < -0.3 is 20.1 Å². The Morgan fingerprint density at radius 3 is 2.57 bits per heavy atom. The van der Waals surface area contributed by atoms with Crippen LogP contribution >= 0.6 is 0 Å². The Hall–Kier alpha value is -2.90. The average molecular weight is 508 g/mol. The monoisotopic (exact) mass is 507 g/mol. The SMILES string of the molecule is C[C@H]1CN([C@@H](C)CO)C(=O)c2cccc(NC(=O)C3CCCCC3)c2O[C@H]1CN(C)Cc1ccccc1. The molecule has 1 aliphatic heterocycles. The highest BCUT2D eigenvalue weighted by Crippen LogP contribution is 2.36. The third kappa shape index (κ3) is 6.70. The summed E-state index contributed by atoms with van der Waals surface area (Å²) in [6.45, 7) is 5.72. The first kappa shape index (κ1) is 27.1. The number of benzene rings is 2. The standard InChI is InChI=1S/C30H41N3O4/c1-21-17-33(22(2)20-34)30(36)25-15-10-16-26(31-29(35)24-13-8-5-9-14-24)28(25)37-27(21)19-32(3)18-23-11-6-4-7-12-23/h4,6-7,10-12,15-16,21-22,24,27,34H,5,8-9,13-14,17-20H2,1-3H3,(H,31,35)/t21-,22-,27-/m0/s1. The summed E-state index contributed by atoms with van der Waals surface area (Å²) in [7, 11) is 2.07. The van der Waals surface area contributed by atoms with Crippen LogP contribution in [-0.2, 0) is 11.3 Å². The normalized spacial score (nSPS) is 21.5. The zero-order valence-electron chi connectivity index (χ0n) is 22.4. The van der Waals surface area contributed by atoms with E-state index in [9.17, 15) is 14.7 Å². The molecule has 0 unspecified atom stereocenters. The van der Waals surface area contributed by atoms with Crippen molar-refractivity contribution in [1.29, 1.82) is 0 Å². The van der Waals surface area contributed by atoms with Gasteiger partial charge in [0.25, 0.3) is 5.91 Å². The molecule has 0 saturated heterocycles. The number of nitrogens with one attached hydrogen (secondary N) is 1. The van der Waals surface area contributed by atoms with Gasteiger partial charge >= 0.3 is 0 Å². The van der Waals surface area contributed by atoms with E-state index < -0.39 is 0 Å². The van der Waals surface area contributed by atoms with Crippen molar-refractivity contribution in [3.63, 3.8) is 0 Å². The number of hydrogen-bond donors (Lipinski definition) is 2. The Morgan fingerprint density at radius 2 is 1.86 bits per heavy atom. The van der Waals surface area contributed by atoms with E-state index >= 15 is 0 Å². The molecule has 1 fully saturated rings. The highest BCUT2D eigenvalue weighted by Gasteiger charge is 2.35. The predicted octanol–water partition coefficient (Wildman–Crippen LogP) is 4.56. The smallest absolute Gasteiger partial charge is 0.258 e. The molecule has 1 heterocycles. The van der Waals surface area contributed by atoms with E-state index in [2.05, 4.69) is 36.3 Å². The van der Waals surface area contributed by atoms with Crippen LogP contribution in [0.15, 0.2) is 48.5 Å². The lowest BCUT2D eigenvalue weighted by molar-refractivity contribution is -0.120. The largest absolute Gasteiger partial charge is 0.486 e. The molecule has 4 rings (SSSR count). The van der Waals surface area contributed by atoms with E-state index in [1.54, 1.807) is 17.0 Å².